The fourth-order valence-corrected chi connectivity index (χ4v) is 10.3. The number of nitrogens with zero attached hydrogens (tertiary/aromatic N) is 2. The van der Waals surface area contributed by atoms with Gasteiger partial charge < -0.3 is 28.7 Å². The number of anilines is 2. The summed E-state index contributed by atoms with van der Waals surface area (Å²) in [7, 11) is 2.00. The summed E-state index contributed by atoms with van der Waals surface area (Å²) < 4.78 is 26.3. The van der Waals surface area contributed by atoms with Crippen LogP contribution in [0.15, 0.2) is 156 Å². The Labute approximate surface area is 366 Å². The monoisotopic (exact) mass is 890 g/mol. The van der Waals surface area contributed by atoms with Crippen LogP contribution in [0.3, 0.4) is 0 Å². The van der Waals surface area contributed by atoms with Crippen molar-refractivity contribution in [2.45, 2.75) is 30.4 Å². The summed E-state index contributed by atoms with van der Waals surface area (Å²) in [6.45, 7) is 0.631. The van der Waals surface area contributed by atoms with Crippen molar-refractivity contribution < 1.29 is 33.3 Å². The molecule has 0 radical (unpaired) electrons. The van der Waals surface area contributed by atoms with Crippen molar-refractivity contribution in [1.82, 2.24) is 4.90 Å². The molecule has 1 fully saturated rings. The van der Waals surface area contributed by atoms with Gasteiger partial charge in [-0.1, -0.05) is 78.9 Å². The second kappa shape index (κ2) is 15.9. The Bertz CT molecular complexity index is 2730. The highest BCUT2D eigenvalue weighted by Crippen LogP contribution is 2.58. The zero-order valence-electron chi connectivity index (χ0n) is 33.1. The molecule has 0 aliphatic carbocycles. The number of halogens is 1. The van der Waals surface area contributed by atoms with E-state index in [4.69, 9.17) is 18.9 Å². The summed E-state index contributed by atoms with van der Waals surface area (Å²) in [4.78, 5) is 43.0. The Hall–Kier alpha value is -6.30. The highest BCUT2D eigenvalue weighted by molar-refractivity contribution is 9.10. The van der Waals surface area contributed by atoms with Gasteiger partial charge >= 0.3 is 5.97 Å². The number of β-lactam (4-membered cyclic amide) rings is 1. The molecule has 0 aromatic heterocycles. The van der Waals surface area contributed by atoms with Crippen LogP contribution in [0.2, 0.25) is 0 Å². The molecular formula is C50H39BrN2O7S. The van der Waals surface area contributed by atoms with Crippen LogP contribution in [0.25, 0.3) is 0 Å². The Kier molecular flexibility index (Phi) is 10.2. The van der Waals surface area contributed by atoms with Crippen LogP contribution in [0.5, 0.6) is 23.0 Å². The number of carbonyl (C=O) groups is 3. The molecule has 9 nitrogen and oxygen atoms in total. The molecule has 1 unspecified atom stereocenters. The number of para-hydroxylation sites is 1. The van der Waals surface area contributed by atoms with Gasteiger partial charge in [0.2, 0.25) is 5.91 Å². The van der Waals surface area contributed by atoms with E-state index in [1.54, 1.807) is 22.7 Å². The number of rotatable bonds is 12. The molecule has 0 bridgehead atoms. The summed E-state index contributed by atoms with van der Waals surface area (Å²) in [5.74, 6) is 2.52. The van der Waals surface area contributed by atoms with Crippen LogP contribution in [-0.2, 0) is 33.0 Å². The molecule has 3 atom stereocenters. The average Bonchev–Trinajstić information content (AvgIpc) is 3.59. The summed E-state index contributed by atoms with van der Waals surface area (Å²) in [5, 5.41) is -0.00865. The number of ether oxygens (including phenoxy) is 4. The highest BCUT2D eigenvalue weighted by Gasteiger charge is 2.54. The summed E-state index contributed by atoms with van der Waals surface area (Å²) in [5.41, 5.74) is 6.32. The lowest BCUT2D eigenvalue weighted by Crippen LogP contribution is -2.58. The molecule has 304 valence electrons. The Balaban J connectivity index is 0.814. The maximum absolute atomic E-state index is 13.5. The number of esters is 1. The summed E-state index contributed by atoms with van der Waals surface area (Å²) >= 11 is 5.43. The van der Waals surface area contributed by atoms with E-state index in [0.717, 1.165) is 45.0 Å². The Morgan fingerprint density at radius 1 is 0.787 bits per heavy atom. The maximum Gasteiger partial charge on any atom is 0.340 e. The number of amides is 1. The first-order chi connectivity index (χ1) is 29.7. The Morgan fingerprint density at radius 2 is 1.52 bits per heavy atom. The van der Waals surface area contributed by atoms with E-state index in [2.05, 4.69) is 20.8 Å². The smallest absolute Gasteiger partial charge is 0.340 e. The van der Waals surface area contributed by atoms with Crippen molar-refractivity contribution in [3.05, 3.63) is 189 Å². The number of carbonyl (C=O) groups excluding carboxylic acids is 3. The van der Waals surface area contributed by atoms with Gasteiger partial charge in [-0.05, 0) is 81.2 Å². The van der Waals surface area contributed by atoms with Crippen LogP contribution in [0.4, 0.5) is 11.4 Å². The third-order valence-corrected chi connectivity index (χ3v) is 13.7. The van der Waals surface area contributed by atoms with Gasteiger partial charge in [0, 0.05) is 72.0 Å². The predicted octanol–water partition coefficient (Wildman–Crippen LogP) is 10.4. The van der Waals surface area contributed by atoms with Crippen molar-refractivity contribution in [1.29, 1.82) is 0 Å². The predicted molar refractivity (Wildman–Crippen MR) is 238 cm³/mol. The highest BCUT2D eigenvalue weighted by atomic mass is 79.9. The van der Waals surface area contributed by atoms with Crippen LogP contribution < -0.4 is 19.1 Å². The van der Waals surface area contributed by atoms with Gasteiger partial charge in [-0.25, -0.2) is 4.79 Å². The van der Waals surface area contributed by atoms with E-state index in [9.17, 15) is 14.4 Å². The number of Topliss-reactive ketones (excluding diaryl/α,β-unsaturated/α-hetero) is 1. The van der Waals surface area contributed by atoms with Crippen molar-refractivity contribution >= 4 is 56.7 Å². The first-order valence-corrected chi connectivity index (χ1v) is 21.9. The second-order valence-electron chi connectivity index (χ2n) is 15.5. The van der Waals surface area contributed by atoms with E-state index in [1.807, 2.05) is 147 Å². The minimum atomic E-state index is -1.22. The molecule has 1 amide bonds. The fourth-order valence-electron chi connectivity index (χ4n) is 8.52. The number of fused-ring (bicyclic) bond motifs is 7. The molecule has 4 heterocycles. The zero-order valence-corrected chi connectivity index (χ0v) is 35.5. The molecule has 6 aromatic rings. The molecule has 6 aromatic carbocycles. The topological polar surface area (TPSA) is 94.6 Å². The van der Waals surface area contributed by atoms with Crippen molar-refractivity contribution in [2.24, 2.45) is 5.92 Å². The van der Waals surface area contributed by atoms with Gasteiger partial charge in [0.05, 0.1) is 21.3 Å². The lowest BCUT2D eigenvalue weighted by molar-refractivity contribution is -0.148. The van der Waals surface area contributed by atoms with Gasteiger partial charge in [-0.3, -0.25) is 9.59 Å². The number of thioether (sulfide) groups is 1. The van der Waals surface area contributed by atoms with E-state index < -0.39 is 11.6 Å². The molecular weight excluding hydrogens is 853 g/mol. The molecule has 11 heteroatoms. The molecule has 61 heavy (non-hydrogen) atoms. The molecule has 4 aliphatic heterocycles. The molecule has 1 spiro atoms. The SMILES string of the molecule is CN(c1ccccc1)c1ccc2c(c1)Oc1cc(OCc3ccc(OCC4=CN5C(=O)[C@H](CC(=O)Cc6ccccc6)[C@@H]5SC4)cc3)c(Br)cc1C21OC(=O)c2ccccc21. The van der Waals surface area contributed by atoms with Crippen LogP contribution in [-0.4, -0.2) is 47.3 Å². The number of benzene rings is 6. The first-order valence-electron chi connectivity index (χ1n) is 20.1. The average molecular weight is 892 g/mol. The standard InChI is InChI=1S/C50H39BrN2O7S/c1-52(34-12-6-3-7-13-34)35-18-21-41-44(23-35)59-45-26-46(43(51)25-42(45)50(41)40-15-9-8-14-38(40)49(56)60-50)58-28-32-16-19-37(20-17-32)57-29-33-27-53-47(55)39(48(53)61-30-33)24-36(54)22-31-10-4-2-5-11-31/h2-21,23,25-27,39,48H,22,24,28-30H2,1H3/t39-,48-,50?/m0/s1. The minimum absolute atomic E-state index is 0.00461. The van der Waals surface area contributed by atoms with Gasteiger partial charge in [-0.15, -0.1) is 11.8 Å². The summed E-state index contributed by atoms with van der Waals surface area (Å²) in [6.07, 6.45) is 2.51. The number of hydrogen-bond acceptors (Lipinski definition) is 9. The first kappa shape index (κ1) is 38.9. The van der Waals surface area contributed by atoms with Crippen molar-refractivity contribution in [2.75, 3.05) is 24.3 Å². The van der Waals surface area contributed by atoms with Gasteiger partial charge in [0.25, 0.3) is 0 Å². The maximum atomic E-state index is 13.5. The zero-order chi connectivity index (χ0) is 41.7. The van der Waals surface area contributed by atoms with E-state index >= 15 is 0 Å². The molecule has 0 N–H and O–H groups in total. The second-order valence-corrected chi connectivity index (χ2v) is 17.5. The lowest BCUT2D eigenvalue weighted by atomic mass is 9.77. The van der Waals surface area contributed by atoms with Crippen LogP contribution in [0.1, 0.15) is 44.6 Å². The Morgan fingerprint density at radius 3 is 2.33 bits per heavy atom. The minimum Gasteiger partial charge on any atom is -0.489 e. The van der Waals surface area contributed by atoms with Crippen molar-refractivity contribution in [3.63, 3.8) is 0 Å². The van der Waals surface area contributed by atoms with Crippen LogP contribution in [0, 0.1) is 5.92 Å². The molecule has 4 aliphatic rings. The van der Waals surface area contributed by atoms with E-state index in [1.165, 1.54) is 0 Å². The third-order valence-electron chi connectivity index (χ3n) is 11.7. The van der Waals surface area contributed by atoms with E-state index in [-0.39, 0.29) is 36.0 Å². The molecule has 0 saturated carbocycles. The largest absolute Gasteiger partial charge is 0.489 e. The number of hydrogen-bond donors (Lipinski definition) is 0. The van der Waals surface area contributed by atoms with Gasteiger partial charge in [-0.2, -0.15) is 0 Å². The van der Waals surface area contributed by atoms with Gasteiger partial charge in [0.15, 0.2) is 5.60 Å². The lowest BCUT2D eigenvalue weighted by Gasteiger charge is -2.47. The normalized spacial score (nSPS) is 19.3. The molecule has 1 saturated heterocycles. The third kappa shape index (κ3) is 7.15. The van der Waals surface area contributed by atoms with Crippen molar-refractivity contribution in [3.8, 4) is 23.0 Å². The number of ketones is 1. The van der Waals surface area contributed by atoms with Crippen LogP contribution >= 0.6 is 27.7 Å². The van der Waals surface area contributed by atoms with Gasteiger partial charge in [0.1, 0.15) is 42.0 Å². The summed E-state index contributed by atoms with van der Waals surface area (Å²) in [6, 6.07) is 44.7. The molecule has 10 rings (SSSR count). The van der Waals surface area contributed by atoms with E-state index in [0.29, 0.717) is 51.6 Å². The fraction of sp³-hybridized carbons (Fsp3) is 0.180. The quantitative estimate of drug-likeness (QED) is 0.0879.